The van der Waals surface area contributed by atoms with Crippen LogP contribution in [0.15, 0.2) is 23.1 Å². The van der Waals surface area contributed by atoms with E-state index in [1.165, 1.54) is 0 Å². The first-order chi connectivity index (χ1) is 11.7. The standard InChI is InChI=1S/C17H28N2O5S/c1-4-5-8-24-15-6-7-16(14(3)9-15)25(22,23)12-13(2)10-19(21)11-17(18)20/h6-7,9,13,21H,4-5,8,10-12H2,1-3H3,(H2,18,20). The van der Waals surface area contributed by atoms with E-state index in [1.54, 1.807) is 32.0 Å². The van der Waals surface area contributed by atoms with Crippen molar-refractivity contribution in [3.05, 3.63) is 23.8 Å². The lowest BCUT2D eigenvalue weighted by atomic mass is 10.2. The summed E-state index contributed by atoms with van der Waals surface area (Å²) in [6.45, 7) is 5.81. The Balaban J connectivity index is 2.75. The largest absolute Gasteiger partial charge is 0.494 e. The molecule has 0 saturated carbocycles. The third-order valence-corrected chi connectivity index (χ3v) is 5.75. The van der Waals surface area contributed by atoms with Crippen LogP contribution in [0.1, 0.15) is 32.3 Å². The van der Waals surface area contributed by atoms with E-state index in [0.29, 0.717) is 17.9 Å². The molecule has 0 heterocycles. The minimum atomic E-state index is -3.52. The van der Waals surface area contributed by atoms with E-state index in [-0.39, 0.29) is 29.7 Å². The maximum atomic E-state index is 12.6. The first-order valence-corrected chi connectivity index (χ1v) is 9.99. The maximum absolute atomic E-state index is 12.6. The van der Waals surface area contributed by atoms with Crippen molar-refractivity contribution in [1.29, 1.82) is 0 Å². The normalized spacial score (nSPS) is 13.0. The molecule has 0 radical (unpaired) electrons. The Morgan fingerprint density at radius 1 is 1.40 bits per heavy atom. The van der Waals surface area contributed by atoms with Crippen LogP contribution in [0.3, 0.4) is 0 Å². The molecule has 0 bridgehead atoms. The average molecular weight is 372 g/mol. The molecule has 1 aromatic rings. The minimum absolute atomic E-state index is 0.0411. The molecule has 1 unspecified atom stereocenters. The minimum Gasteiger partial charge on any atom is -0.494 e. The Hall–Kier alpha value is -1.64. The van der Waals surface area contributed by atoms with Crippen molar-refractivity contribution in [1.82, 2.24) is 5.06 Å². The van der Waals surface area contributed by atoms with Crippen LogP contribution in [0.4, 0.5) is 0 Å². The molecule has 3 N–H and O–H groups in total. The summed E-state index contributed by atoms with van der Waals surface area (Å²) < 4.78 is 30.8. The number of ether oxygens (including phenoxy) is 1. The number of carbonyl (C=O) groups excluding carboxylic acids is 1. The van der Waals surface area contributed by atoms with Gasteiger partial charge in [0.25, 0.3) is 0 Å². The number of primary amides is 1. The molecule has 8 heteroatoms. The third-order valence-electron chi connectivity index (χ3n) is 3.61. The van der Waals surface area contributed by atoms with Crippen molar-refractivity contribution in [2.75, 3.05) is 25.4 Å². The SMILES string of the molecule is CCCCOc1ccc(S(=O)(=O)CC(C)CN(O)CC(N)=O)c(C)c1. The molecular weight excluding hydrogens is 344 g/mol. The van der Waals surface area contributed by atoms with Gasteiger partial charge in [-0.15, -0.1) is 0 Å². The summed E-state index contributed by atoms with van der Waals surface area (Å²) in [5.74, 6) is -0.526. The number of carbonyl (C=O) groups is 1. The molecule has 0 aliphatic rings. The molecule has 7 nitrogen and oxygen atoms in total. The second kappa shape index (κ2) is 9.74. The van der Waals surface area contributed by atoms with Crippen LogP contribution in [0.2, 0.25) is 0 Å². The van der Waals surface area contributed by atoms with E-state index in [2.05, 4.69) is 6.92 Å². The molecular formula is C17H28N2O5S. The molecule has 1 atom stereocenters. The van der Waals surface area contributed by atoms with Gasteiger partial charge in [0.1, 0.15) is 12.3 Å². The van der Waals surface area contributed by atoms with Crippen LogP contribution >= 0.6 is 0 Å². The van der Waals surface area contributed by atoms with E-state index < -0.39 is 15.7 Å². The monoisotopic (exact) mass is 372 g/mol. The Kier molecular flexibility index (Phi) is 8.34. The summed E-state index contributed by atoms with van der Waals surface area (Å²) in [5, 5.41) is 10.3. The molecule has 0 fully saturated rings. The molecule has 0 spiro atoms. The van der Waals surface area contributed by atoms with Gasteiger partial charge in [-0.3, -0.25) is 4.79 Å². The molecule has 0 saturated heterocycles. The van der Waals surface area contributed by atoms with Crippen LogP contribution in [-0.2, 0) is 14.6 Å². The number of nitrogens with two attached hydrogens (primary N) is 1. The number of rotatable bonds is 11. The Labute approximate surface area is 149 Å². The zero-order valence-corrected chi connectivity index (χ0v) is 15.9. The van der Waals surface area contributed by atoms with E-state index in [9.17, 15) is 18.4 Å². The summed E-state index contributed by atoms with van der Waals surface area (Å²) in [4.78, 5) is 11.0. The highest BCUT2D eigenvalue weighted by atomic mass is 32.2. The van der Waals surface area contributed by atoms with Crippen molar-refractivity contribution >= 4 is 15.7 Å². The van der Waals surface area contributed by atoms with Crippen molar-refractivity contribution in [2.45, 2.75) is 38.5 Å². The van der Waals surface area contributed by atoms with E-state index in [4.69, 9.17) is 10.5 Å². The van der Waals surface area contributed by atoms with Crippen LogP contribution in [-0.4, -0.2) is 50.0 Å². The Morgan fingerprint density at radius 3 is 2.64 bits per heavy atom. The number of hydroxylamine groups is 2. The van der Waals surface area contributed by atoms with Crippen LogP contribution in [0.25, 0.3) is 0 Å². The third kappa shape index (κ3) is 7.41. The fourth-order valence-corrected chi connectivity index (χ4v) is 4.38. The predicted octanol–water partition coefficient (Wildman–Crippen LogP) is 1.76. The van der Waals surface area contributed by atoms with E-state index in [0.717, 1.165) is 17.9 Å². The lowest BCUT2D eigenvalue weighted by molar-refractivity contribution is -0.136. The summed E-state index contributed by atoms with van der Waals surface area (Å²) >= 11 is 0. The van der Waals surface area contributed by atoms with Crippen LogP contribution < -0.4 is 10.5 Å². The molecule has 25 heavy (non-hydrogen) atoms. The predicted molar refractivity (Wildman–Crippen MR) is 95.4 cm³/mol. The van der Waals surface area contributed by atoms with E-state index in [1.807, 2.05) is 0 Å². The number of sulfone groups is 1. The van der Waals surface area contributed by atoms with Crippen molar-refractivity contribution < 1.29 is 23.2 Å². The molecule has 1 amide bonds. The van der Waals surface area contributed by atoms with E-state index >= 15 is 0 Å². The number of benzene rings is 1. The lowest BCUT2D eigenvalue weighted by Gasteiger charge is -2.19. The average Bonchev–Trinajstić information content (AvgIpc) is 2.45. The first kappa shape index (κ1) is 21.4. The smallest absolute Gasteiger partial charge is 0.234 e. The van der Waals surface area contributed by atoms with Gasteiger partial charge in [-0.05, 0) is 43.0 Å². The first-order valence-electron chi connectivity index (χ1n) is 8.34. The Morgan fingerprint density at radius 2 is 2.08 bits per heavy atom. The highest BCUT2D eigenvalue weighted by molar-refractivity contribution is 7.91. The van der Waals surface area contributed by atoms with Gasteiger partial charge < -0.3 is 15.7 Å². The van der Waals surface area contributed by atoms with Crippen LogP contribution in [0, 0.1) is 12.8 Å². The number of aryl methyl sites for hydroxylation is 1. The van der Waals surface area contributed by atoms with Gasteiger partial charge in [0.05, 0.1) is 17.3 Å². The lowest BCUT2D eigenvalue weighted by Crippen LogP contribution is -2.35. The highest BCUT2D eigenvalue weighted by Crippen LogP contribution is 2.23. The zero-order chi connectivity index (χ0) is 19.0. The van der Waals surface area contributed by atoms with Gasteiger partial charge in [0.15, 0.2) is 9.84 Å². The topological polar surface area (TPSA) is 110 Å². The maximum Gasteiger partial charge on any atom is 0.234 e. The highest BCUT2D eigenvalue weighted by Gasteiger charge is 2.22. The number of nitrogens with zero attached hydrogens (tertiary/aromatic N) is 1. The fourth-order valence-electron chi connectivity index (χ4n) is 2.52. The van der Waals surface area contributed by atoms with Gasteiger partial charge in [0, 0.05) is 6.54 Å². The quantitative estimate of drug-likeness (QED) is 0.452. The molecule has 1 aromatic carbocycles. The van der Waals surface area contributed by atoms with Gasteiger partial charge in [0.2, 0.25) is 5.91 Å². The van der Waals surface area contributed by atoms with Crippen molar-refractivity contribution in [3.63, 3.8) is 0 Å². The Bertz CT molecular complexity index is 676. The summed E-state index contributed by atoms with van der Waals surface area (Å²) in [6.07, 6.45) is 1.97. The van der Waals surface area contributed by atoms with Gasteiger partial charge in [-0.1, -0.05) is 20.3 Å². The molecule has 0 aliphatic carbocycles. The zero-order valence-electron chi connectivity index (χ0n) is 15.1. The molecule has 142 valence electrons. The van der Waals surface area contributed by atoms with Gasteiger partial charge >= 0.3 is 0 Å². The van der Waals surface area contributed by atoms with Crippen molar-refractivity contribution in [3.8, 4) is 5.75 Å². The fraction of sp³-hybridized carbons (Fsp3) is 0.588. The molecule has 0 aromatic heterocycles. The second-order valence-corrected chi connectivity index (χ2v) is 8.33. The number of unbranched alkanes of at least 4 members (excludes halogenated alkanes) is 1. The summed E-state index contributed by atoms with van der Waals surface area (Å²) in [5.41, 5.74) is 5.62. The number of hydrogen-bond donors (Lipinski definition) is 2. The number of hydrogen-bond acceptors (Lipinski definition) is 6. The van der Waals surface area contributed by atoms with Gasteiger partial charge in [-0.25, -0.2) is 8.42 Å². The molecule has 1 rings (SSSR count). The summed E-state index contributed by atoms with van der Waals surface area (Å²) in [7, 11) is -3.52. The summed E-state index contributed by atoms with van der Waals surface area (Å²) in [6, 6.07) is 4.93. The van der Waals surface area contributed by atoms with Crippen LogP contribution in [0.5, 0.6) is 5.75 Å². The van der Waals surface area contributed by atoms with Crippen molar-refractivity contribution in [2.24, 2.45) is 11.7 Å². The molecule has 0 aliphatic heterocycles. The van der Waals surface area contributed by atoms with Gasteiger partial charge in [-0.2, -0.15) is 5.06 Å². The number of amides is 1. The second-order valence-electron chi connectivity index (χ2n) is 6.33.